The van der Waals surface area contributed by atoms with Crippen molar-refractivity contribution < 1.29 is 4.79 Å². The number of hydrogen-bond donors (Lipinski definition) is 1. The number of nitrogens with one attached hydrogen (secondary N) is 1. The Bertz CT molecular complexity index is 710. The minimum Gasteiger partial charge on any atom is -0.354 e. The Morgan fingerprint density at radius 1 is 1.08 bits per heavy atom. The summed E-state index contributed by atoms with van der Waals surface area (Å²) in [6.07, 6.45) is 2.25. The van der Waals surface area contributed by atoms with Crippen molar-refractivity contribution in [1.82, 2.24) is 15.2 Å². The van der Waals surface area contributed by atoms with Gasteiger partial charge in [-0.3, -0.25) is 4.79 Å². The van der Waals surface area contributed by atoms with Gasteiger partial charge in [0.1, 0.15) is 5.82 Å². The van der Waals surface area contributed by atoms with Gasteiger partial charge in [-0.2, -0.15) is 0 Å². The average molecular weight is 417 g/mol. The molecule has 1 fully saturated rings. The van der Waals surface area contributed by atoms with Crippen LogP contribution in [0, 0.1) is 0 Å². The SMILES string of the molecule is CCN1CCN(c2ccc(CNC(=O)Cc3ccc(Br)cc3)cn2)CC1. The Hall–Kier alpha value is -1.92. The quantitative estimate of drug-likeness (QED) is 0.786. The first-order valence-corrected chi connectivity index (χ1v) is 9.86. The maximum absolute atomic E-state index is 12.1. The van der Waals surface area contributed by atoms with Gasteiger partial charge in [-0.05, 0) is 35.9 Å². The van der Waals surface area contributed by atoms with Crippen molar-refractivity contribution in [3.63, 3.8) is 0 Å². The fraction of sp³-hybridized carbons (Fsp3) is 0.400. The van der Waals surface area contributed by atoms with Crippen molar-refractivity contribution in [2.24, 2.45) is 0 Å². The highest BCUT2D eigenvalue weighted by Crippen LogP contribution is 2.14. The lowest BCUT2D eigenvalue weighted by molar-refractivity contribution is -0.120. The average Bonchev–Trinajstić information content (AvgIpc) is 2.69. The van der Waals surface area contributed by atoms with Crippen LogP contribution in [0.3, 0.4) is 0 Å². The molecule has 1 aromatic carbocycles. The van der Waals surface area contributed by atoms with Crippen LogP contribution in [0.15, 0.2) is 47.1 Å². The Morgan fingerprint density at radius 2 is 1.77 bits per heavy atom. The van der Waals surface area contributed by atoms with Crippen molar-refractivity contribution in [1.29, 1.82) is 0 Å². The molecule has 1 N–H and O–H groups in total. The summed E-state index contributed by atoms with van der Waals surface area (Å²) in [4.78, 5) is 21.4. The summed E-state index contributed by atoms with van der Waals surface area (Å²) < 4.78 is 1.02. The number of hydrogen-bond acceptors (Lipinski definition) is 4. The van der Waals surface area contributed by atoms with E-state index in [4.69, 9.17) is 0 Å². The summed E-state index contributed by atoms with van der Waals surface area (Å²) in [7, 11) is 0. The molecular formula is C20H25BrN4O. The number of anilines is 1. The van der Waals surface area contributed by atoms with E-state index in [1.807, 2.05) is 30.5 Å². The number of pyridine rings is 1. The molecule has 0 radical (unpaired) electrons. The summed E-state index contributed by atoms with van der Waals surface area (Å²) in [6, 6.07) is 11.9. The molecule has 0 spiro atoms. The van der Waals surface area contributed by atoms with Gasteiger partial charge in [-0.15, -0.1) is 0 Å². The number of halogens is 1. The zero-order chi connectivity index (χ0) is 18.4. The fourth-order valence-corrected chi connectivity index (χ4v) is 3.32. The number of aromatic nitrogens is 1. The first-order chi connectivity index (χ1) is 12.6. The number of piperazine rings is 1. The van der Waals surface area contributed by atoms with E-state index in [0.717, 1.165) is 54.1 Å². The molecular weight excluding hydrogens is 392 g/mol. The molecule has 1 aliphatic rings. The molecule has 6 heteroatoms. The predicted octanol–water partition coefficient (Wildman–Crippen LogP) is 2.84. The second-order valence-electron chi connectivity index (χ2n) is 6.53. The minimum atomic E-state index is 0.0205. The molecule has 1 aromatic heterocycles. The van der Waals surface area contributed by atoms with Crippen LogP contribution < -0.4 is 10.2 Å². The van der Waals surface area contributed by atoms with Gasteiger partial charge in [0.05, 0.1) is 6.42 Å². The van der Waals surface area contributed by atoms with Crippen LogP contribution in [-0.2, 0) is 17.8 Å². The number of rotatable bonds is 6. The van der Waals surface area contributed by atoms with E-state index in [-0.39, 0.29) is 5.91 Å². The van der Waals surface area contributed by atoms with Crippen molar-refractivity contribution >= 4 is 27.7 Å². The normalized spacial score (nSPS) is 15.1. The van der Waals surface area contributed by atoms with E-state index >= 15 is 0 Å². The maximum atomic E-state index is 12.1. The van der Waals surface area contributed by atoms with Gasteiger partial charge in [-0.25, -0.2) is 4.98 Å². The molecule has 1 aliphatic heterocycles. The fourth-order valence-electron chi connectivity index (χ4n) is 3.05. The zero-order valence-electron chi connectivity index (χ0n) is 15.1. The van der Waals surface area contributed by atoms with Gasteiger partial charge in [0.2, 0.25) is 5.91 Å². The topological polar surface area (TPSA) is 48.5 Å². The molecule has 3 rings (SSSR count). The molecule has 0 aliphatic carbocycles. The minimum absolute atomic E-state index is 0.0205. The van der Waals surface area contributed by atoms with Crippen LogP contribution in [0.25, 0.3) is 0 Å². The monoisotopic (exact) mass is 416 g/mol. The van der Waals surface area contributed by atoms with Crippen LogP contribution in [0.5, 0.6) is 0 Å². The Kier molecular flexibility index (Phi) is 6.63. The van der Waals surface area contributed by atoms with E-state index < -0.39 is 0 Å². The van der Waals surface area contributed by atoms with Gasteiger partial charge in [0.15, 0.2) is 0 Å². The molecule has 1 saturated heterocycles. The van der Waals surface area contributed by atoms with Crippen molar-refractivity contribution in [3.05, 3.63) is 58.2 Å². The highest BCUT2D eigenvalue weighted by molar-refractivity contribution is 9.10. The summed E-state index contributed by atoms with van der Waals surface area (Å²) in [5.41, 5.74) is 2.02. The standard InChI is InChI=1S/C20H25BrN4O/c1-2-24-9-11-25(12-10-24)19-8-5-17(14-22-19)15-23-20(26)13-16-3-6-18(21)7-4-16/h3-8,14H,2,9-13,15H2,1H3,(H,23,26). The largest absolute Gasteiger partial charge is 0.354 e. The van der Waals surface area contributed by atoms with Crippen LogP contribution in [0.4, 0.5) is 5.82 Å². The number of amides is 1. The van der Waals surface area contributed by atoms with E-state index in [2.05, 4.69) is 55.1 Å². The summed E-state index contributed by atoms with van der Waals surface area (Å²) in [5, 5.41) is 2.96. The number of carbonyl (C=O) groups is 1. The van der Waals surface area contributed by atoms with Gasteiger partial charge in [0.25, 0.3) is 0 Å². The van der Waals surface area contributed by atoms with Crippen LogP contribution in [0.2, 0.25) is 0 Å². The third-order valence-electron chi connectivity index (χ3n) is 4.72. The third kappa shape index (κ3) is 5.29. The number of nitrogens with zero attached hydrogens (tertiary/aromatic N) is 3. The predicted molar refractivity (Wildman–Crippen MR) is 108 cm³/mol. The van der Waals surface area contributed by atoms with Gasteiger partial charge in [0, 0.05) is 43.4 Å². The summed E-state index contributed by atoms with van der Waals surface area (Å²) in [5.74, 6) is 1.04. The van der Waals surface area contributed by atoms with Gasteiger partial charge >= 0.3 is 0 Å². The Labute approximate surface area is 163 Å². The second-order valence-corrected chi connectivity index (χ2v) is 7.44. The van der Waals surface area contributed by atoms with Crippen LogP contribution >= 0.6 is 15.9 Å². The van der Waals surface area contributed by atoms with E-state index in [1.165, 1.54) is 0 Å². The highest BCUT2D eigenvalue weighted by Gasteiger charge is 2.16. The number of carbonyl (C=O) groups excluding carboxylic acids is 1. The molecule has 138 valence electrons. The summed E-state index contributed by atoms with van der Waals surface area (Å²) >= 11 is 3.40. The Morgan fingerprint density at radius 3 is 2.38 bits per heavy atom. The van der Waals surface area contributed by atoms with Gasteiger partial charge < -0.3 is 15.1 Å². The molecule has 26 heavy (non-hydrogen) atoms. The highest BCUT2D eigenvalue weighted by atomic mass is 79.9. The van der Waals surface area contributed by atoms with Crippen molar-refractivity contribution in [3.8, 4) is 0 Å². The first-order valence-electron chi connectivity index (χ1n) is 9.07. The zero-order valence-corrected chi connectivity index (χ0v) is 16.7. The molecule has 2 aromatic rings. The smallest absolute Gasteiger partial charge is 0.224 e. The lowest BCUT2D eigenvalue weighted by Crippen LogP contribution is -2.46. The van der Waals surface area contributed by atoms with E-state index in [0.29, 0.717) is 13.0 Å². The first kappa shape index (κ1) is 18.9. The molecule has 0 atom stereocenters. The summed E-state index contributed by atoms with van der Waals surface area (Å²) in [6.45, 7) is 8.03. The van der Waals surface area contributed by atoms with Crippen molar-refractivity contribution in [2.75, 3.05) is 37.6 Å². The number of benzene rings is 1. The van der Waals surface area contributed by atoms with Crippen LogP contribution in [0.1, 0.15) is 18.1 Å². The molecule has 2 heterocycles. The molecule has 1 amide bonds. The molecule has 5 nitrogen and oxygen atoms in total. The lowest BCUT2D eigenvalue weighted by Gasteiger charge is -2.34. The van der Waals surface area contributed by atoms with E-state index in [9.17, 15) is 4.79 Å². The van der Waals surface area contributed by atoms with E-state index in [1.54, 1.807) is 0 Å². The third-order valence-corrected chi connectivity index (χ3v) is 5.25. The van der Waals surface area contributed by atoms with Crippen molar-refractivity contribution in [2.45, 2.75) is 19.9 Å². The molecule has 0 bridgehead atoms. The molecule has 0 unspecified atom stereocenters. The maximum Gasteiger partial charge on any atom is 0.224 e. The second kappa shape index (κ2) is 9.14. The van der Waals surface area contributed by atoms with Crippen LogP contribution in [-0.4, -0.2) is 48.5 Å². The number of likely N-dealkylation sites (N-methyl/N-ethyl adjacent to an activating group) is 1. The Balaban J connectivity index is 1.47. The lowest BCUT2D eigenvalue weighted by atomic mass is 10.1. The van der Waals surface area contributed by atoms with Gasteiger partial charge in [-0.1, -0.05) is 41.1 Å². The molecule has 0 saturated carbocycles.